The maximum absolute atomic E-state index is 13.0. The summed E-state index contributed by atoms with van der Waals surface area (Å²) in [6, 6.07) is 19.2. The molecule has 1 N–H and O–H groups in total. The molecule has 36 heavy (non-hydrogen) atoms. The number of carbonyl (C=O) groups excluding carboxylic acids is 1. The van der Waals surface area contributed by atoms with Gasteiger partial charge in [-0.15, -0.1) is 0 Å². The van der Waals surface area contributed by atoms with Crippen LogP contribution in [0.15, 0.2) is 60.8 Å². The van der Waals surface area contributed by atoms with Crippen molar-refractivity contribution in [1.82, 2.24) is 14.8 Å². The molecule has 4 heterocycles. The predicted molar refractivity (Wildman–Crippen MR) is 146 cm³/mol. The van der Waals surface area contributed by atoms with Crippen molar-refractivity contribution in [2.24, 2.45) is 0 Å². The second kappa shape index (κ2) is 9.56. The average molecular weight is 483 g/mol. The van der Waals surface area contributed by atoms with E-state index in [4.69, 9.17) is 0 Å². The zero-order valence-corrected chi connectivity index (χ0v) is 21.2. The molecule has 3 aromatic rings. The first-order chi connectivity index (χ1) is 17.6. The van der Waals surface area contributed by atoms with Crippen molar-refractivity contribution >= 4 is 34.5 Å². The zero-order valence-electron chi connectivity index (χ0n) is 21.2. The number of rotatable bonds is 5. The molecule has 0 spiro atoms. The van der Waals surface area contributed by atoms with Gasteiger partial charge in [0.2, 0.25) is 0 Å². The molecule has 1 amide bonds. The van der Waals surface area contributed by atoms with Gasteiger partial charge in [-0.25, -0.2) is 4.98 Å². The van der Waals surface area contributed by atoms with Gasteiger partial charge < -0.3 is 15.1 Å². The van der Waals surface area contributed by atoms with Crippen LogP contribution in [0.4, 0.5) is 28.6 Å². The third-order valence-corrected chi connectivity index (χ3v) is 7.92. The largest absolute Gasteiger partial charge is 0.342 e. The van der Waals surface area contributed by atoms with Crippen molar-refractivity contribution in [1.29, 1.82) is 0 Å². The lowest BCUT2D eigenvalue weighted by Crippen LogP contribution is -2.35. The molecule has 1 aromatic heterocycles. The summed E-state index contributed by atoms with van der Waals surface area (Å²) in [5.74, 6) is 0.723. The van der Waals surface area contributed by atoms with Crippen molar-refractivity contribution in [3.63, 3.8) is 0 Å². The molecule has 0 saturated carbocycles. The molecule has 1 atom stereocenters. The first-order valence-corrected chi connectivity index (χ1v) is 13.0. The number of pyridine rings is 1. The van der Waals surface area contributed by atoms with E-state index in [1.165, 1.54) is 51.0 Å². The Labute approximate surface area is 213 Å². The predicted octanol–water partition coefficient (Wildman–Crippen LogP) is 4.85. The Balaban J connectivity index is 1.15. The SMILES string of the molecule is CN1C(=O)c2ccccc2N(C)c2cc(Nc3ccc(CN4CC[C@H](N5CCCC5)C4)cc3)ncc21. The number of anilines is 5. The Morgan fingerprint density at radius 2 is 1.69 bits per heavy atom. The second-order valence-corrected chi connectivity index (χ2v) is 10.2. The van der Waals surface area contributed by atoms with E-state index in [2.05, 4.69) is 49.3 Å². The zero-order chi connectivity index (χ0) is 24.6. The number of fused-ring (bicyclic) bond motifs is 2. The average Bonchev–Trinajstić information content (AvgIpc) is 3.60. The quantitative estimate of drug-likeness (QED) is 0.561. The van der Waals surface area contributed by atoms with Crippen LogP contribution in [-0.2, 0) is 6.54 Å². The minimum atomic E-state index is -0.0287. The first-order valence-electron chi connectivity index (χ1n) is 13.0. The van der Waals surface area contributed by atoms with Gasteiger partial charge in [0, 0.05) is 51.5 Å². The number of hydrogen-bond donors (Lipinski definition) is 1. The summed E-state index contributed by atoms with van der Waals surface area (Å²) in [5.41, 5.74) is 5.65. The van der Waals surface area contributed by atoms with E-state index in [0.29, 0.717) is 5.56 Å². The standard InChI is InChI=1S/C29H34N6O/c1-32-25-8-4-3-7-24(25)29(36)33(2)27-18-30-28(17-26(27)32)31-22-11-9-21(10-12-22)19-34-16-13-23(20-34)35-14-5-6-15-35/h3-4,7-12,17-18,23H,5-6,13-16,19-20H2,1-2H3,(H,30,31)/t23-/m0/s1. The topological polar surface area (TPSA) is 55.0 Å². The van der Waals surface area contributed by atoms with Gasteiger partial charge in [0.15, 0.2) is 0 Å². The molecule has 0 bridgehead atoms. The summed E-state index contributed by atoms with van der Waals surface area (Å²) in [5, 5.41) is 3.45. The monoisotopic (exact) mass is 482 g/mol. The summed E-state index contributed by atoms with van der Waals surface area (Å²) in [6.07, 6.45) is 5.80. The third kappa shape index (κ3) is 4.33. The highest BCUT2D eigenvalue weighted by Crippen LogP contribution is 2.40. The fourth-order valence-electron chi connectivity index (χ4n) is 5.86. The molecule has 2 aromatic carbocycles. The molecule has 6 rings (SSSR count). The van der Waals surface area contributed by atoms with Crippen LogP contribution >= 0.6 is 0 Å². The molecule has 0 aliphatic carbocycles. The van der Waals surface area contributed by atoms with Crippen LogP contribution in [-0.4, -0.2) is 67.0 Å². The van der Waals surface area contributed by atoms with Crippen LogP contribution in [0.1, 0.15) is 35.2 Å². The maximum atomic E-state index is 13.0. The number of hydrogen-bond acceptors (Lipinski definition) is 6. The van der Waals surface area contributed by atoms with Crippen molar-refractivity contribution in [3.05, 3.63) is 71.9 Å². The molecule has 186 valence electrons. The first kappa shape index (κ1) is 23.0. The minimum Gasteiger partial charge on any atom is -0.342 e. The Bertz CT molecular complexity index is 1250. The van der Waals surface area contributed by atoms with Gasteiger partial charge in [-0.2, -0.15) is 0 Å². The van der Waals surface area contributed by atoms with Crippen LogP contribution in [0, 0.1) is 0 Å². The Hall–Kier alpha value is -3.42. The van der Waals surface area contributed by atoms with Crippen molar-refractivity contribution in [3.8, 4) is 0 Å². The number of likely N-dealkylation sites (tertiary alicyclic amines) is 2. The van der Waals surface area contributed by atoms with Crippen LogP contribution in [0.5, 0.6) is 0 Å². The number of carbonyl (C=O) groups is 1. The molecule has 3 aliphatic heterocycles. The van der Waals surface area contributed by atoms with Crippen LogP contribution in [0.2, 0.25) is 0 Å². The summed E-state index contributed by atoms with van der Waals surface area (Å²) < 4.78 is 0. The van der Waals surface area contributed by atoms with E-state index < -0.39 is 0 Å². The number of nitrogens with zero attached hydrogens (tertiary/aromatic N) is 5. The van der Waals surface area contributed by atoms with Gasteiger partial charge >= 0.3 is 0 Å². The van der Waals surface area contributed by atoms with E-state index in [-0.39, 0.29) is 5.91 Å². The third-order valence-electron chi connectivity index (χ3n) is 7.92. The molecule has 3 aliphatic rings. The van der Waals surface area contributed by atoms with Gasteiger partial charge in [0.1, 0.15) is 5.82 Å². The van der Waals surface area contributed by atoms with Gasteiger partial charge in [-0.3, -0.25) is 14.6 Å². The number of nitrogens with one attached hydrogen (secondary N) is 1. The number of aromatic nitrogens is 1. The van der Waals surface area contributed by atoms with E-state index in [1.807, 2.05) is 37.4 Å². The maximum Gasteiger partial charge on any atom is 0.260 e. The van der Waals surface area contributed by atoms with Crippen LogP contribution in [0.3, 0.4) is 0 Å². The summed E-state index contributed by atoms with van der Waals surface area (Å²) >= 11 is 0. The van der Waals surface area contributed by atoms with Crippen LogP contribution in [0.25, 0.3) is 0 Å². The smallest absolute Gasteiger partial charge is 0.260 e. The molecular weight excluding hydrogens is 448 g/mol. The van der Waals surface area contributed by atoms with E-state index in [0.717, 1.165) is 41.2 Å². The lowest BCUT2D eigenvalue weighted by molar-refractivity contribution is 0.0994. The second-order valence-electron chi connectivity index (χ2n) is 10.2. The van der Waals surface area contributed by atoms with Crippen molar-refractivity contribution in [2.45, 2.75) is 31.8 Å². The number of amides is 1. The van der Waals surface area contributed by atoms with Gasteiger partial charge in [-0.05, 0) is 62.2 Å². The molecular formula is C29H34N6O. The Morgan fingerprint density at radius 1 is 0.917 bits per heavy atom. The fourth-order valence-corrected chi connectivity index (χ4v) is 5.86. The minimum absolute atomic E-state index is 0.0287. The van der Waals surface area contributed by atoms with Crippen molar-refractivity contribution in [2.75, 3.05) is 55.4 Å². The molecule has 7 nitrogen and oxygen atoms in total. The summed E-state index contributed by atoms with van der Waals surface area (Å²) in [6.45, 7) is 5.95. The number of benzene rings is 2. The highest BCUT2D eigenvalue weighted by Gasteiger charge is 2.29. The lowest BCUT2D eigenvalue weighted by atomic mass is 10.1. The molecule has 0 radical (unpaired) electrons. The van der Waals surface area contributed by atoms with E-state index >= 15 is 0 Å². The molecule has 7 heteroatoms. The van der Waals surface area contributed by atoms with Crippen molar-refractivity contribution < 1.29 is 4.79 Å². The molecule has 0 unspecified atom stereocenters. The highest BCUT2D eigenvalue weighted by molar-refractivity contribution is 6.13. The molecule has 2 fully saturated rings. The highest BCUT2D eigenvalue weighted by atomic mass is 16.2. The Kier molecular flexibility index (Phi) is 6.11. The van der Waals surface area contributed by atoms with E-state index in [1.54, 1.807) is 18.1 Å². The van der Waals surface area contributed by atoms with Crippen LogP contribution < -0.4 is 15.1 Å². The normalized spacial score (nSPS) is 20.4. The lowest BCUT2D eigenvalue weighted by Gasteiger charge is -2.23. The number of para-hydroxylation sites is 1. The van der Waals surface area contributed by atoms with Gasteiger partial charge in [0.05, 0.1) is 28.8 Å². The Morgan fingerprint density at radius 3 is 2.50 bits per heavy atom. The van der Waals surface area contributed by atoms with E-state index in [9.17, 15) is 4.79 Å². The molecule has 2 saturated heterocycles. The van der Waals surface area contributed by atoms with Gasteiger partial charge in [-0.1, -0.05) is 24.3 Å². The fraction of sp³-hybridized carbons (Fsp3) is 0.379. The summed E-state index contributed by atoms with van der Waals surface area (Å²) in [7, 11) is 3.80. The van der Waals surface area contributed by atoms with Gasteiger partial charge in [0.25, 0.3) is 5.91 Å². The summed E-state index contributed by atoms with van der Waals surface area (Å²) in [4.78, 5) is 26.6.